The molecule has 1 aromatic carbocycles. The van der Waals surface area contributed by atoms with Gasteiger partial charge in [0.15, 0.2) is 0 Å². The molecule has 3 heteroatoms. The Hall–Kier alpha value is -1.02. The van der Waals surface area contributed by atoms with E-state index >= 15 is 0 Å². The highest BCUT2D eigenvalue weighted by atomic mass is 35.5. The lowest BCUT2D eigenvalue weighted by atomic mass is 10.2. The molecular formula is C8H5ClFN. The molecule has 1 aromatic heterocycles. The maximum Gasteiger partial charge on any atom is 0.143 e. The van der Waals surface area contributed by atoms with Crippen molar-refractivity contribution in [3.05, 3.63) is 35.2 Å². The van der Waals surface area contributed by atoms with E-state index in [-0.39, 0.29) is 10.8 Å². The van der Waals surface area contributed by atoms with E-state index in [1.54, 1.807) is 12.3 Å². The molecule has 0 amide bonds. The van der Waals surface area contributed by atoms with Crippen LogP contribution in [0.3, 0.4) is 0 Å². The van der Waals surface area contributed by atoms with Crippen LogP contribution in [0.2, 0.25) is 5.02 Å². The molecule has 1 N–H and O–H groups in total. The lowest BCUT2D eigenvalue weighted by Crippen LogP contribution is -1.76. The number of H-pyrrole nitrogens is 1. The fourth-order valence-corrected chi connectivity index (χ4v) is 1.29. The Bertz CT molecular complexity index is 394. The van der Waals surface area contributed by atoms with Crippen molar-refractivity contribution in [2.75, 3.05) is 0 Å². The number of benzene rings is 1. The molecule has 0 bridgehead atoms. The van der Waals surface area contributed by atoms with Gasteiger partial charge >= 0.3 is 0 Å². The van der Waals surface area contributed by atoms with Crippen molar-refractivity contribution in [2.24, 2.45) is 0 Å². The molecular weight excluding hydrogens is 165 g/mol. The summed E-state index contributed by atoms with van der Waals surface area (Å²) in [7, 11) is 0. The second-order valence-corrected chi connectivity index (χ2v) is 2.68. The normalized spacial score (nSPS) is 10.7. The standard InChI is InChI=1S/C8H5ClFN/c9-7-6(10)2-1-5-3-4-11-8(5)7/h1-4,11H. The van der Waals surface area contributed by atoms with Crippen molar-refractivity contribution in [2.45, 2.75) is 0 Å². The fourth-order valence-electron chi connectivity index (χ4n) is 1.07. The van der Waals surface area contributed by atoms with E-state index in [1.807, 2.05) is 6.07 Å². The second kappa shape index (κ2) is 2.24. The summed E-state index contributed by atoms with van der Waals surface area (Å²) in [6.07, 6.45) is 1.73. The van der Waals surface area contributed by atoms with Gasteiger partial charge in [0.1, 0.15) is 10.8 Å². The Kier molecular flexibility index (Phi) is 1.36. The Morgan fingerprint density at radius 1 is 1.27 bits per heavy atom. The minimum Gasteiger partial charge on any atom is -0.360 e. The first-order valence-corrected chi connectivity index (χ1v) is 3.58. The van der Waals surface area contributed by atoms with Crippen LogP contribution in [-0.4, -0.2) is 4.98 Å². The molecule has 0 saturated carbocycles. The monoisotopic (exact) mass is 169 g/mol. The number of hydrogen-bond donors (Lipinski definition) is 1. The van der Waals surface area contributed by atoms with Gasteiger partial charge in [-0.25, -0.2) is 4.39 Å². The third kappa shape index (κ3) is 0.906. The quantitative estimate of drug-likeness (QED) is 0.624. The maximum atomic E-state index is 12.8. The van der Waals surface area contributed by atoms with Gasteiger partial charge in [0.25, 0.3) is 0 Å². The molecule has 0 aliphatic heterocycles. The number of hydrogen-bond acceptors (Lipinski definition) is 0. The number of halogens is 2. The summed E-state index contributed by atoms with van der Waals surface area (Å²) in [6.45, 7) is 0. The molecule has 56 valence electrons. The highest BCUT2D eigenvalue weighted by Crippen LogP contribution is 2.24. The van der Waals surface area contributed by atoms with Crippen LogP contribution in [0.4, 0.5) is 4.39 Å². The second-order valence-electron chi connectivity index (χ2n) is 2.30. The smallest absolute Gasteiger partial charge is 0.143 e. The average Bonchev–Trinajstić information content (AvgIpc) is 2.45. The van der Waals surface area contributed by atoms with Crippen molar-refractivity contribution in [1.82, 2.24) is 4.98 Å². The molecule has 0 fully saturated rings. The van der Waals surface area contributed by atoms with Crippen molar-refractivity contribution in [3.8, 4) is 0 Å². The maximum absolute atomic E-state index is 12.8. The lowest BCUT2D eigenvalue weighted by molar-refractivity contribution is 0.630. The summed E-state index contributed by atoms with van der Waals surface area (Å²) in [5.41, 5.74) is 0.659. The van der Waals surface area contributed by atoms with Crippen LogP contribution in [-0.2, 0) is 0 Å². The minimum absolute atomic E-state index is 0.160. The van der Waals surface area contributed by atoms with Crippen molar-refractivity contribution >= 4 is 22.5 Å². The van der Waals surface area contributed by atoms with E-state index in [9.17, 15) is 4.39 Å². The predicted molar refractivity (Wildman–Crippen MR) is 43.3 cm³/mol. The van der Waals surface area contributed by atoms with E-state index in [4.69, 9.17) is 11.6 Å². The highest BCUT2D eigenvalue weighted by Gasteiger charge is 2.04. The van der Waals surface area contributed by atoms with Crippen molar-refractivity contribution < 1.29 is 4.39 Å². The first kappa shape index (κ1) is 6.68. The molecule has 0 spiro atoms. The van der Waals surface area contributed by atoms with Gasteiger partial charge in [0.05, 0.1) is 5.52 Å². The zero-order valence-corrected chi connectivity index (χ0v) is 6.32. The third-order valence-corrected chi connectivity index (χ3v) is 1.99. The van der Waals surface area contributed by atoms with E-state index < -0.39 is 0 Å². The summed E-state index contributed by atoms with van der Waals surface area (Å²) >= 11 is 5.66. The molecule has 2 aromatic rings. The Morgan fingerprint density at radius 3 is 2.91 bits per heavy atom. The molecule has 2 rings (SSSR count). The Balaban J connectivity index is 2.93. The summed E-state index contributed by atoms with van der Waals surface area (Å²) in [5, 5.41) is 1.09. The van der Waals surface area contributed by atoms with Gasteiger partial charge in [0.2, 0.25) is 0 Å². The van der Waals surface area contributed by atoms with Gasteiger partial charge in [0, 0.05) is 11.6 Å². The van der Waals surface area contributed by atoms with Gasteiger partial charge in [-0.05, 0) is 18.2 Å². The minimum atomic E-state index is -0.387. The largest absolute Gasteiger partial charge is 0.360 e. The van der Waals surface area contributed by atoms with Crippen LogP contribution < -0.4 is 0 Å². The van der Waals surface area contributed by atoms with Crippen LogP contribution in [0.15, 0.2) is 24.4 Å². The van der Waals surface area contributed by atoms with Gasteiger partial charge in [-0.1, -0.05) is 11.6 Å². The van der Waals surface area contributed by atoms with E-state index in [0.29, 0.717) is 5.52 Å². The SMILES string of the molecule is Fc1ccc2cc[nH]c2c1Cl. The molecule has 0 unspecified atom stereocenters. The van der Waals surface area contributed by atoms with Crippen LogP contribution in [0.25, 0.3) is 10.9 Å². The summed E-state index contributed by atoms with van der Waals surface area (Å²) < 4.78 is 12.8. The highest BCUT2D eigenvalue weighted by molar-refractivity contribution is 6.35. The van der Waals surface area contributed by atoms with Crippen molar-refractivity contribution in [1.29, 1.82) is 0 Å². The van der Waals surface area contributed by atoms with Crippen LogP contribution >= 0.6 is 11.6 Å². The van der Waals surface area contributed by atoms with Crippen LogP contribution in [0, 0.1) is 5.82 Å². The van der Waals surface area contributed by atoms with Gasteiger partial charge in [-0.2, -0.15) is 0 Å². The van der Waals surface area contributed by atoms with Gasteiger partial charge in [-0.15, -0.1) is 0 Å². The average molecular weight is 170 g/mol. The first-order valence-electron chi connectivity index (χ1n) is 3.20. The van der Waals surface area contributed by atoms with Gasteiger partial charge < -0.3 is 4.98 Å². The molecule has 0 saturated heterocycles. The molecule has 11 heavy (non-hydrogen) atoms. The van der Waals surface area contributed by atoms with Crippen LogP contribution in [0.1, 0.15) is 0 Å². The predicted octanol–water partition coefficient (Wildman–Crippen LogP) is 2.96. The topological polar surface area (TPSA) is 15.8 Å². The molecule has 0 atom stereocenters. The zero-order chi connectivity index (χ0) is 7.84. The van der Waals surface area contributed by atoms with Crippen molar-refractivity contribution in [3.63, 3.8) is 0 Å². The Labute approximate surface area is 67.8 Å². The number of rotatable bonds is 0. The van der Waals surface area contributed by atoms with Gasteiger partial charge in [-0.3, -0.25) is 0 Å². The molecule has 1 heterocycles. The summed E-state index contributed by atoms with van der Waals surface area (Å²) in [4.78, 5) is 2.86. The number of fused-ring (bicyclic) bond motifs is 1. The zero-order valence-electron chi connectivity index (χ0n) is 5.57. The van der Waals surface area contributed by atoms with Crippen LogP contribution in [0.5, 0.6) is 0 Å². The van der Waals surface area contributed by atoms with E-state index in [1.165, 1.54) is 6.07 Å². The number of aromatic nitrogens is 1. The number of nitrogens with one attached hydrogen (secondary N) is 1. The van der Waals surface area contributed by atoms with E-state index in [0.717, 1.165) is 5.39 Å². The molecule has 0 aliphatic rings. The molecule has 0 aliphatic carbocycles. The third-order valence-electron chi connectivity index (χ3n) is 1.62. The number of aromatic amines is 1. The summed E-state index contributed by atoms with van der Waals surface area (Å²) in [5.74, 6) is -0.387. The first-order chi connectivity index (χ1) is 5.29. The summed E-state index contributed by atoms with van der Waals surface area (Å²) in [6, 6.07) is 4.90. The fraction of sp³-hybridized carbons (Fsp3) is 0. The molecule has 1 nitrogen and oxygen atoms in total. The lowest BCUT2D eigenvalue weighted by Gasteiger charge is -1.94. The molecule has 0 radical (unpaired) electrons. The Morgan fingerprint density at radius 2 is 2.09 bits per heavy atom. The van der Waals surface area contributed by atoms with E-state index in [2.05, 4.69) is 4.98 Å².